The number of amides is 1. The minimum Gasteiger partial charge on any atom is -0.340 e. The lowest BCUT2D eigenvalue weighted by Gasteiger charge is -2.40. The molecule has 0 saturated carbocycles. The van der Waals surface area contributed by atoms with Crippen molar-refractivity contribution in [2.75, 3.05) is 26.2 Å². The van der Waals surface area contributed by atoms with Crippen molar-refractivity contribution in [3.63, 3.8) is 0 Å². The molecule has 0 radical (unpaired) electrons. The van der Waals surface area contributed by atoms with Gasteiger partial charge in [-0.25, -0.2) is 14.6 Å². The molecule has 0 aliphatic carbocycles. The van der Waals surface area contributed by atoms with Crippen molar-refractivity contribution in [1.82, 2.24) is 34.1 Å². The third-order valence-corrected chi connectivity index (χ3v) is 6.04. The van der Waals surface area contributed by atoms with Crippen LogP contribution in [0.3, 0.4) is 0 Å². The molecule has 1 saturated heterocycles. The monoisotopic (exact) mass is 421 g/mol. The lowest BCUT2D eigenvalue weighted by Crippen LogP contribution is -2.51. The molecule has 3 aromatic rings. The minimum absolute atomic E-state index is 0.0802. The summed E-state index contributed by atoms with van der Waals surface area (Å²) in [4.78, 5) is 26.5. The van der Waals surface area contributed by atoms with Gasteiger partial charge in [-0.05, 0) is 19.4 Å². The summed E-state index contributed by atoms with van der Waals surface area (Å²) in [6.45, 7) is 9.39. The molecular weight excluding hydrogens is 390 g/mol. The molecule has 0 N–H and O–H groups in total. The highest BCUT2D eigenvalue weighted by molar-refractivity contribution is 5.78. The summed E-state index contributed by atoms with van der Waals surface area (Å²) >= 11 is 0. The van der Waals surface area contributed by atoms with Crippen molar-refractivity contribution >= 4 is 5.91 Å². The second kappa shape index (κ2) is 9.01. The van der Waals surface area contributed by atoms with Crippen LogP contribution in [0.15, 0.2) is 42.7 Å². The Morgan fingerprint density at radius 2 is 1.81 bits per heavy atom. The average molecular weight is 422 g/mol. The van der Waals surface area contributed by atoms with E-state index in [9.17, 15) is 4.79 Å². The van der Waals surface area contributed by atoms with Gasteiger partial charge in [0.15, 0.2) is 0 Å². The Balaban J connectivity index is 1.43. The standard InChI is InChI=1S/C23H31N7O/c1-17(16-30-19(3)25-18(2)26-30)23(31)29-14-12-28(13-15-29)21(20-8-6-5-7-9-20)22-24-10-11-27(22)4/h5-11,17,21H,12-16H2,1-4H3/t17-,21-/m0/s1. The van der Waals surface area contributed by atoms with Crippen LogP contribution < -0.4 is 0 Å². The third-order valence-electron chi connectivity index (χ3n) is 6.04. The van der Waals surface area contributed by atoms with Crippen LogP contribution >= 0.6 is 0 Å². The molecule has 1 aliphatic heterocycles. The molecule has 164 valence electrons. The molecule has 0 spiro atoms. The lowest BCUT2D eigenvalue weighted by atomic mass is 10.0. The van der Waals surface area contributed by atoms with Crippen LogP contribution in [-0.2, 0) is 18.4 Å². The van der Waals surface area contributed by atoms with Gasteiger partial charge < -0.3 is 9.47 Å². The number of nitrogens with zero attached hydrogens (tertiary/aromatic N) is 7. The number of aromatic nitrogens is 5. The fraction of sp³-hybridized carbons (Fsp3) is 0.478. The first-order valence-corrected chi connectivity index (χ1v) is 10.9. The lowest BCUT2D eigenvalue weighted by molar-refractivity contribution is -0.137. The van der Waals surface area contributed by atoms with Crippen LogP contribution in [0.2, 0.25) is 0 Å². The molecule has 2 aromatic heterocycles. The molecule has 0 bridgehead atoms. The van der Waals surface area contributed by atoms with E-state index < -0.39 is 0 Å². The molecule has 1 aliphatic rings. The van der Waals surface area contributed by atoms with E-state index in [2.05, 4.69) is 48.8 Å². The first-order chi connectivity index (χ1) is 14.9. The van der Waals surface area contributed by atoms with E-state index in [1.807, 2.05) is 55.9 Å². The van der Waals surface area contributed by atoms with Crippen molar-refractivity contribution in [3.8, 4) is 0 Å². The van der Waals surface area contributed by atoms with Crippen LogP contribution in [0.1, 0.15) is 36.0 Å². The highest BCUT2D eigenvalue weighted by Crippen LogP contribution is 2.28. The van der Waals surface area contributed by atoms with E-state index >= 15 is 0 Å². The summed E-state index contributed by atoms with van der Waals surface area (Å²) in [6, 6.07) is 10.6. The Bertz CT molecular complexity index is 1020. The molecule has 1 amide bonds. The minimum atomic E-state index is -0.134. The van der Waals surface area contributed by atoms with Gasteiger partial charge in [0.2, 0.25) is 5.91 Å². The van der Waals surface area contributed by atoms with Gasteiger partial charge in [-0.2, -0.15) is 5.10 Å². The van der Waals surface area contributed by atoms with E-state index in [4.69, 9.17) is 0 Å². The molecule has 3 heterocycles. The van der Waals surface area contributed by atoms with E-state index in [-0.39, 0.29) is 17.9 Å². The van der Waals surface area contributed by atoms with Crippen molar-refractivity contribution < 1.29 is 4.79 Å². The maximum absolute atomic E-state index is 13.1. The predicted molar refractivity (Wildman–Crippen MR) is 118 cm³/mol. The van der Waals surface area contributed by atoms with Crippen LogP contribution in [0.5, 0.6) is 0 Å². The Kier molecular flexibility index (Phi) is 6.18. The maximum Gasteiger partial charge on any atom is 0.227 e. The highest BCUT2D eigenvalue weighted by atomic mass is 16.2. The second-order valence-electron chi connectivity index (χ2n) is 8.36. The predicted octanol–water partition coefficient (Wildman–Crippen LogP) is 2.20. The second-order valence-corrected chi connectivity index (χ2v) is 8.36. The number of carbonyl (C=O) groups is 1. The molecule has 2 atom stereocenters. The van der Waals surface area contributed by atoms with E-state index in [1.165, 1.54) is 5.56 Å². The summed E-state index contributed by atoms with van der Waals surface area (Å²) in [5, 5.41) is 4.40. The first kappa shape index (κ1) is 21.2. The zero-order valence-electron chi connectivity index (χ0n) is 18.8. The largest absolute Gasteiger partial charge is 0.340 e. The number of hydrogen-bond donors (Lipinski definition) is 0. The van der Waals surface area contributed by atoms with Crippen molar-refractivity contribution in [3.05, 3.63) is 65.8 Å². The third kappa shape index (κ3) is 4.54. The molecule has 1 aromatic carbocycles. The first-order valence-electron chi connectivity index (χ1n) is 10.9. The van der Waals surface area contributed by atoms with Crippen LogP contribution in [0.4, 0.5) is 0 Å². The Labute approximate surface area is 183 Å². The molecular formula is C23H31N7O. The number of carbonyl (C=O) groups excluding carboxylic acids is 1. The van der Waals surface area contributed by atoms with Gasteiger partial charge in [0.1, 0.15) is 17.5 Å². The maximum atomic E-state index is 13.1. The number of piperazine rings is 1. The van der Waals surface area contributed by atoms with Gasteiger partial charge in [0, 0.05) is 45.6 Å². The van der Waals surface area contributed by atoms with Gasteiger partial charge in [-0.1, -0.05) is 37.3 Å². The number of hydrogen-bond acceptors (Lipinski definition) is 5. The Morgan fingerprint density at radius 1 is 1.10 bits per heavy atom. The Hall–Kier alpha value is -3.00. The van der Waals surface area contributed by atoms with E-state index in [0.717, 1.165) is 30.6 Å². The van der Waals surface area contributed by atoms with Gasteiger partial charge in [-0.3, -0.25) is 9.69 Å². The van der Waals surface area contributed by atoms with Gasteiger partial charge in [0.05, 0.1) is 18.5 Å². The quantitative estimate of drug-likeness (QED) is 0.610. The van der Waals surface area contributed by atoms with Crippen LogP contribution in [-0.4, -0.2) is 66.2 Å². The normalized spacial score (nSPS) is 17.0. The van der Waals surface area contributed by atoms with Gasteiger partial charge in [-0.15, -0.1) is 0 Å². The zero-order valence-corrected chi connectivity index (χ0v) is 18.8. The summed E-state index contributed by atoms with van der Waals surface area (Å²) in [7, 11) is 2.04. The molecule has 8 heteroatoms. The summed E-state index contributed by atoms with van der Waals surface area (Å²) in [6.07, 6.45) is 3.83. The van der Waals surface area contributed by atoms with Crippen molar-refractivity contribution in [2.45, 2.75) is 33.4 Å². The summed E-state index contributed by atoms with van der Waals surface area (Å²) in [5.74, 6) is 2.66. The van der Waals surface area contributed by atoms with E-state index in [0.29, 0.717) is 19.6 Å². The number of imidazole rings is 1. The number of aryl methyl sites for hydroxylation is 3. The topological polar surface area (TPSA) is 72.1 Å². The van der Waals surface area contributed by atoms with Crippen LogP contribution in [0, 0.1) is 19.8 Å². The Morgan fingerprint density at radius 3 is 2.39 bits per heavy atom. The molecule has 31 heavy (non-hydrogen) atoms. The molecule has 1 fully saturated rings. The zero-order chi connectivity index (χ0) is 22.0. The fourth-order valence-corrected chi connectivity index (χ4v) is 4.38. The van der Waals surface area contributed by atoms with Crippen molar-refractivity contribution in [1.29, 1.82) is 0 Å². The van der Waals surface area contributed by atoms with Gasteiger partial charge in [0.25, 0.3) is 0 Å². The van der Waals surface area contributed by atoms with Crippen molar-refractivity contribution in [2.24, 2.45) is 13.0 Å². The number of benzene rings is 1. The SMILES string of the molecule is Cc1nc(C)n(C[C@H](C)C(=O)N2CCN([C@@H](c3ccccc3)c3nccn3C)CC2)n1. The fourth-order valence-electron chi connectivity index (χ4n) is 4.38. The van der Waals surface area contributed by atoms with E-state index in [1.54, 1.807) is 0 Å². The highest BCUT2D eigenvalue weighted by Gasteiger charge is 2.31. The number of rotatable bonds is 6. The smallest absolute Gasteiger partial charge is 0.227 e. The van der Waals surface area contributed by atoms with Crippen LogP contribution in [0.25, 0.3) is 0 Å². The molecule has 0 unspecified atom stereocenters. The summed E-state index contributed by atoms with van der Waals surface area (Å²) in [5.41, 5.74) is 1.22. The summed E-state index contributed by atoms with van der Waals surface area (Å²) < 4.78 is 3.92. The molecule has 4 rings (SSSR count). The molecule has 8 nitrogen and oxygen atoms in total. The average Bonchev–Trinajstić information content (AvgIpc) is 3.33. The van der Waals surface area contributed by atoms with Gasteiger partial charge >= 0.3 is 0 Å².